The molecular weight excluding hydrogens is 290 g/mol. The number of nitrogens with zero attached hydrogens (tertiary/aromatic N) is 1. The van der Waals surface area contributed by atoms with Crippen LogP contribution >= 0.6 is 0 Å². The van der Waals surface area contributed by atoms with E-state index in [0.29, 0.717) is 24.3 Å². The van der Waals surface area contributed by atoms with Crippen LogP contribution in [-0.2, 0) is 6.54 Å². The Bertz CT molecular complexity index is 720. The molecule has 1 aromatic heterocycles. The van der Waals surface area contributed by atoms with Gasteiger partial charge in [0.15, 0.2) is 5.75 Å². The number of benzene rings is 1. The van der Waals surface area contributed by atoms with Gasteiger partial charge in [0.05, 0.1) is 6.54 Å². The van der Waals surface area contributed by atoms with Crippen molar-refractivity contribution in [3.8, 4) is 5.75 Å². The number of likely N-dealkylation sites (N-methyl/N-ethyl adjacent to an activating group) is 1. The summed E-state index contributed by atoms with van der Waals surface area (Å²) in [6.45, 7) is 2.68. The van der Waals surface area contributed by atoms with E-state index in [0.717, 1.165) is 12.7 Å². The SMILES string of the molecule is Cc1ccc([C@H]2CCC[C@@H]2N(C)Cc2cc(=O)c(O)co2)cc1. The zero-order valence-corrected chi connectivity index (χ0v) is 13.7. The first-order valence-electron chi connectivity index (χ1n) is 8.12. The topological polar surface area (TPSA) is 53.7 Å². The van der Waals surface area contributed by atoms with Crippen LogP contribution in [0.4, 0.5) is 0 Å². The summed E-state index contributed by atoms with van der Waals surface area (Å²) < 4.78 is 5.33. The lowest BCUT2D eigenvalue weighted by molar-refractivity contribution is 0.201. The van der Waals surface area contributed by atoms with Crippen LogP contribution in [0.15, 0.2) is 45.8 Å². The van der Waals surface area contributed by atoms with Crippen molar-refractivity contribution < 1.29 is 9.52 Å². The van der Waals surface area contributed by atoms with Crippen molar-refractivity contribution in [1.29, 1.82) is 0 Å². The molecule has 0 aliphatic heterocycles. The lowest BCUT2D eigenvalue weighted by Gasteiger charge is -2.29. The molecule has 3 rings (SSSR count). The quantitative estimate of drug-likeness (QED) is 0.939. The van der Waals surface area contributed by atoms with E-state index in [1.54, 1.807) is 0 Å². The molecule has 1 aliphatic carbocycles. The third-order valence-corrected chi connectivity index (χ3v) is 4.82. The number of hydrogen-bond acceptors (Lipinski definition) is 4. The van der Waals surface area contributed by atoms with E-state index in [2.05, 4.69) is 43.1 Å². The molecule has 1 fully saturated rings. The minimum absolute atomic E-state index is 0.338. The summed E-state index contributed by atoms with van der Waals surface area (Å²) in [7, 11) is 2.07. The van der Waals surface area contributed by atoms with Crippen molar-refractivity contribution in [2.75, 3.05) is 7.05 Å². The van der Waals surface area contributed by atoms with Gasteiger partial charge >= 0.3 is 0 Å². The molecule has 0 radical (unpaired) electrons. The molecule has 2 atom stereocenters. The molecule has 4 nitrogen and oxygen atoms in total. The van der Waals surface area contributed by atoms with E-state index in [1.165, 1.54) is 30.0 Å². The van der Waals surface area contributed by atoms with Crippen LogP contribution in [0.3, 0.4) is 0 Å². The first kappa shape index (κ1) is 15.8. The number of rotatable bonds is 4. The molecular formula is C19H23NO3. The van der Waals surface area contributed by atoms with Crippen LogP contribution in [0.2, 0.25) is 0 Å². The van der Waals surface area contributed by atoms with Gasteiger partial charge in [-0.05, 0) is 38.3 Å². The van der Waals surface area contributed by atoms with Crippen molar-refractivity contribution >= 4 is 0 Å². The molecule has 0 saturated heterocycles. The Morgan fingerprint density at radius 3 is 2.70 bits per heavy atom. The first-order chi connectivity index (χ1) is 11.0. The van der Waals surface area contributed by atoms with Crippen LogP contribution < -0.4 is 5.43 Å². The average Bonchev–Trinajstić information content (AvgIpc) is 3.01. The second kappa shape index (κ2) is 6.59. The fourth-order valence-corrected chi connectivity index (χ4v) is 3.56. The molecule has 1 N–H and O–H groups in total. The van der Waals surface area contributed by atoms with Crippen LogP contribution in [-0.4, -0.2) is 23.1 Å². The average molecular weight is 313 g/mol. The smallest absolute Gasteiger partial charge is 0.226 e. The zero-order chi connectivity index (χ0) is 16.4. The predicted molar refractivity (Wildman–Crippen MR) is 89.7 cm³/mol. The van der Waals surface area contributed by atoms with E-state index in [4.69, 9.17) is 4.42 Å². The standard InChI is InChI=1S/C19H23NO3/c1-13-6-8-14(9-7-13)16-4-3-5-17(16)20(2)11-15-10-18(21)19(22)12-23-15/h6-10,12,16-17,22H,3-5,11H2,1-2H3/t16-,17+/m1/s1. The van der Waals surface area contributed by atoms with Crippen molar-refractivity contribution in [1.82, 2.24) is 4.90 Å². The van der Waals surface area contributed by atoms with Gasteiger partial charge in [-0.1, -0.05) is 36.2 Å². The molecule has 2 aromatic rings. The molecule has 0 bridgehead atoms. The summed E-state index contributed by atoms with van der Waals surface area (Å²) in [5.74, 6) is 0.768. The van der Waals surface area contributed by atoms with Crippen LogP contribution in [0.1, 0.15) is 42.1 Å². The van der Waals surface area contributed by atoms with E-state index >= 15 is 0 Å². The lowest BCUT2D eigenvalue weighted by atomic mass is 9.92. The van der Waals surface area contributed by atoms with E-state index in [1.807, 2.05) is 0 Å². The molecule has 0 spiro atoms. The maximum atomic E-state index is 11.5. The minimum Gasteiger partial charge on any atom is -0.502 e. The van der Waals surface area contributed by atoms with E-state index in [-0.39, 0.29) is 11.2 Å². The zero-order valence-electron chi connectivity index (χ0n) is 13.7. The molecule has 122 valence electrons. The summed E-state index contributed by atoms with van der Waals surface area (Å²) in [6, 6.07) is 10.6. The van der Waals surface area contributed by atoms with E-state index in [9.17, 15) is 9.90 Å². The normalized spacial score (nSPS) is 21.0. The fraction of sp³-hybridized carbons (Fsp3) is 0.421. The molecule has 4 heteroatoms. The van der Waals surface area contributed by atoms with Crippen molar-refractivity contribution in [2.45, 2.75) is 44.7 Å². The third-order valence-electron chi connectivity index (χ3n) is 4.82. The van der Waals surface area contributed by atoms with Gasteiger partial charge in [0, 0.05) is 12.1 Å². The highest BCUT2D eigenvalue weighted by Crippen LogP contribution is 2.37. The fourth-order valence-electron chi connectivity index (χ4n) is 3.56. The molecule has 1 aliphatic rings. The Hall–Kier alpha value is -2.07. The largest absolute Gasteiger partial charge is 0.502 e. The van der Waals surface area contributed by atoms with Crippen molar-refractivity contribution in [3.63, 3.8) is 0 Å². The van der Waals surface area contributed by atoms with Gasteiger partial charge in [-0.3, -0.25) is 9.69 Å². The van der Waals surface area contributed by atoms with Gasteiger partial charge in [0.2, 0.25) is 5.43 Å². The van der Waals surface area contributed by atoms with Gasteiger partial charge in [-0.15, -0.1) is 0 Å². The molecule has 1 aromatic carbocycles. The number of hydrogen-bond donors (Lipinski definition) is 1. The Balaban J connectivity index is 1.75. The highest BCUT2D eigenvalue weighted by atomic mass is 16.4. The van der Waals surface area contributed by atoms with Crippen molar-refractivity contribution in [3.05, 3.63) is 63.7 Å². The van der Waals surface area contributed by atoms with Crippen LogP contribution in [0.5, 0.6) is 5.75 Å². The summed E-state index contributed by atoms with van der Waals surface area (Å²) in [5.41, 5.74) is 2.28. The van der Waals surface area contributed by atoms with Gasteiger partial charge in [-0.25, -0.2) is 0 Å². The van der Waals surface area contributed by atoms with E-state index < -0.39 is 0 Å². The highest BCUT2D eigenvalue weighted by Gasteiger charge is 2.31. The molecule has 1 saturated carbocycles. The maximum absolute atomic E-state index is 11.5. The maximum Gasteiger partial charge on any atom is 0.226 e. The Kier molecular flexibility index (Phi) is 4.53. The van der Waals surface area contributed by atoms with Gasteiger partial charge in [-0.2, -0.15) is 0 Å². The van der Waals surface area contributed by atoms with Crippen LogP contribution in [0.25, 0.3) is 0 Å². The van der Waals surface area contributed by atoms with Gasteiger partial charge < -0.3 is 9.52 Å². The van der Waals surface area contributed by atoms with Gasteiger partial charge in [0.25, 0.3) is 0 Å². The molecule has 1 heterocycles. The highest BCUT2D eigenvalue weighted by molar-refractivity contribution is 5.27. The number of aromatic hydroxyl groups is 1. The molecule has 23 heavy (non-hydrogen) atoms. The summed E-state index contributed by atoms with van der Waals surface area (Å²) in [4.78, 5) is 13.8. The second-order valence-corrected chi connectivity index (χ2v) is 6.53. The Morgan fingerprint density at radius 2 is 2.00 bits per heavy atom. The molecule has 0 amide bonds. The molecule has 0 unspecified atom stereocenters. The lowest BCUT2D eigenvalue weighted by Crippen LogP contribution is -2.33. The first-order valence-corrected chi connectivity index (χ1v) is 8.12. The monoisotopic (exact) mass is 313 g/mol. The Labute approximate surface area is 136 Å². The summed E-state index contributed by atoms with van der Waals surface area (Å²) in [6.07, 6.45) is 4.68. The third kappa shape index (κ3) is 3.48. The summed E-state index contributed by atoms with van der Waals surface area (Å²) in [5, 5.41) is 9.28. The Morgan fingerprint density at radius 1 is 1.26 bits per heavy atom. The summed E-state index contributed by atoms with van der Waals surface area (Å²) >= 11 is 0. The van der Waals surface area contributed by atoms with Crippen LogP contribution in [0, 0.1) is 6.92 Å². The predicted octanol–water partition coefficient (Wildman–Crippen LogP) is 3.42. The van der Waals surface area contributed by atoms with Crippen molar-refractivity contribution in [2.24, 2.45) is 0 Å². The second-order valence-electron chi connectivity index (χ2n) is 6.53. The van der Waals surface area contributed by atoms with Gasteiger partial charge in [0.1, 0.15) is 12.0 Å². The number of aryl methyl sites for hydroxylation is 1. The minimum atomic E-state index is -0.388.